The van der Waals surface area contributed by atoms with E-state index in [9.17, 15) is 5.11 Å². The smallest absolute Gasteiger partial charge is 0.0991 e. The summed E-state index contributed by atoms with van der Waals surface area (Å²) in [6.45, 7) is 1.66. The molecule has 1 aromatic carbocycles. The minimum absolute atomic E-state index is 0.583. The Morgan fingerprint density at radius 1 is 1.43 bits per heavy atom. The van der Waals surface area contributed by atoms with Crippen molar-refractivity contribution in [1.29, 1.82) is 0 Å². The Bertz CT molecular complexity index is 471. The Morgan fingerprint density at radius 3 is 2.93 bits per heavy atom. The van der Waals surface area contributed by atoms with Crippen molar-refractivity contribution in [1.82, 2.24) is 10.2 Å². The van der Waals surface area contributed by atoms with Crippen molar-refractivity contribution in [2.45, 2.75) is 13.0 Å². The number of aliphatic hydroxyl groups excluding tert-OH is 1. The van der Waals surface area contributed by atoms with Gasteiger partial charge in [0.25, 0.3) is 0 Å². The van der Waals surface area contributed by atoms with E-state index in [2.05, 4.69) is 10.2 Å². The van der Waals surface area contributed by atoms with Gasteiger partial charge in [0.15, 0.2) is 0 Å². The van der Waals surface area contributed by atoms with Crippen LogP contribution in [0.5, 0.6) is 0 Å². The first-order valence-electron chi connectivity index (χ1n) is 4.27. The molecule has 1 heterocycles. The average molecular weight is 209 g/mol. The topological polar surface area (TPSA) is 46.0 Å². The molecule has 0 bridgehead atoms. The van der Waals surface area contributed by atoms with Crippen molar-refractivity contribution in [3.63, 3.8) is 0 Å². The molecule has 72 valence electrons. The van der Waals surface area contributed by atoms with E-state index in [1.807, 2.05) is 6.07 Å². The van der Waals surface area contributed by atoms with Crippen LogP contribution < -0.4 is 0 Å². The number of hydrogen-bond acceptors (Lipinski definition) is 3. The van der Waals surface area contributed by atoms with Crippen LogP contribution in [0.1, 0.15) is 18.7 Å². The maximum Gasteiger partial charge on any atom is 0.0991 e. The van der Waals surface area contributed by atoms with Gasteiger partial charge >= 0.3 is 0 Å². The zero-order chi connectivity index (χ0) is 10.1. The normalized spacial score (nSPS) is 13.1. The summed E-state index contributed by atoms with van der Waals surface area (Å²) in [7, 11) is 0. The van der Waals surface area contributed by atoms with Crippen molar-refractivity contribution in [2.75, 3.05) is 0 Å². The number of aromatic nitrogens is 2. The molecule has 0 fully saturated rings. The van der Waals surface area contributed by atoms with Crippen LogP contribution in [0.3, 0.4) is 0 Å². The molecule has 1 atom stereocenters. The van der Waals surface area contributed by atoms with E-state index in [-0.39, 0.29) is 0 Å². The molecular weight excluding hydrogens is 200 g/mol. The predicted octanol–water partition coefficient (Wildman–Crippen LogP) is 2.34. The fourth-order valence-electron chi connectivity index (χ4n) is 1.39. The van der Waals surface area contributed by atoms with E-state index >= 15 is 0 Å². The first kappa shape index (κ1) is 9.37. The number of benzene rings is 1. The van der Waals surface area contributed by atoms with Crippen LogP contribution in [0.15, 0.2) is 24.4 Å². The van der Waals surface area contributed by atoms with Crippen LogP contribution in [0.25, 0.3) is 10.8 Å². The number of hydrogen-bond donors (Lipinski definition) is 1. The van der Waals surface area contributed by atoms with E-state index in [1.54, 1.807) is 25.3 Å². The van der Waals surface area contributed by atoms with E-state index < -0.39 is 6.10 Å². The number of rotatable bonds is 1. The Balaban J connectivity index is 2.75. The lowest BCUT2D eigenvalue weighted by Crippen LogP contribution is -1.98. The Morgan fingerprint density at radius 2 is 2.21 bits per heavy atom. The second kappa shape index (κ2) is 3.52. The van der Waals surface area contributed by atoms with Gasteiger partial charge in [-0.15, -0.1) is 0 Å². The van der Waals surface area contributed by atoms with E-state index in [0.717, 1.165) is 10.8 Å². The van der Waals surface area contributed by atoms with Crippen LogP contribution in [0, 0.1) is 0 Å². The molecule has 0 aliphatic rings. The van der Waals surface area contributed by atoms with Gasteiger partial charge in [0, 0.05) is 15.8 Å². The highest BCUT2D eigenvalue weighted by Crippen LogP contribution is 2.23. The van der Waals surface area contributed by atoms with Crippen molar-refractivity contribution in [3.05, 3.63) is 35.1 Å². The second-order valence-corrected chi connectivity index (χ2v) is 3.57. The standard InChI is InChI=1S/C10H9ClN2O/c1-6(14)10-9-3-2-8(11)4-7(9)5-12-13-10/h2-6,14H,1H3. The summed E-state index contributed by atoms with van der Waals surface area (Å²) in [6, 6.07) is 5.42. The minimum Gasteiger partial charge on any atom is -0.387 e. The number of aliphatic hydroxyl groups is 1. The Hall–Kier alpha value is -1.19. The first-order valence-corrected chi connectivity index (χ1v) is 4.65. The lowest BCUT2D eigenvalue weighted by Gasteiger charge is -2.06. The molecule has 1 N–H and O–H groups in total. The average Bonchev–Trinajstić information content (AvgIpc) is 2.16. The van der Waals surface area contributed by atoms with Gasteiger partial charge in [0.1, 0.15) is 0 Å². The molecule has 1 aromatic heterocycles. The number of halogens is 1. The maximum absolute atomic E-state index is 9.46. The summed E-state index contributed by atoms with van der Waals surface area (Å²) in [5.74, 6) is 0. The molecule has 2 aromatic rings. The molecule has 14 heavy (non-hydrogen) atoms. The van der Waals surface area contributed by atoms with Gasteiger partial charge in [-0.3, -0.25) is 0 Å². The van der Waals surface area contributed by atoms with Gasteiger partial charge in [0.05, 0.1) is 18.0 Å². The van der Waals surface area contributed by atoms with Crippen LogP contribution in [0.2, 0.25) is 5.02 Å². The summed E-state index contributed by atoms with van der Waals surface area (Å²) in [5, 5.41) is 19.6. The summed E-state index contributed by atoms with van der Waals surface area (Å²) in [5.41, 5.74) is 0.583. The quantitative estimate of drug-likeness (QED) is 0.783. The van der Waals surface area contributed by atoms with Crippen LogP contribution in [-0.4, -0.2) is 15.3 Å². The van der Waals surface area contributed by atoms with Gasteiger partial charge in [-0.2, -0.15) is 10.2 Å². The van der Waals surface area contributed by atoms with Crippen molar-refractivity contribution >= 4 is 22.4 Å². The molecule has 0 radical (unpaired) electrons. The lowest BCUT2D eigenvalue weighted by atomic mass is 10.1. The third-order valence-electron chi connectivity index (χ3n) is 2.05. The van der Waals surface area contributed by atoms with Crippen LogP contribution in [-0.2, 0) is 0 Å². The van der Waals surface area contributed by atoms with Crippen molar-refractivity contribution in [3.8, 4) is 0 Å². The highest BCUT2D eigenvalue weighted by Gasteiger charge is 2.08. The maximum atomic E-state index is 9.46. The SMILES string of the molecule is CC(O)c1nncc2cc(Cl)ccc12. The van der Waals surface area contributed by atoms with E-state index in [0.29, 0.717) is 10.7 Å². The predicted molar refractivity (Wildman–Crippen MR) is 55.2 cm³/mol. The summed E-state index contributed by atoms with van der Waals surface area (Å²) >= 11 is 5.84. The van der Waals surface area contributed by atoms with Crippen LogP contribution >= 0.6 is 11.6 Å². The fourth-order valence-corrected chi connectivity index (χ4v) is 1.57. The monoisotopic (exact) mass is 208 g/mol. The first-order chi connectivity index (χ1) is 6.68. The second-order valence-electron chi connectivity index (χ2n) is 3.14. The summed E-state index contributed by atoms with van der Waals surface area (Å²) in [4.78, 5) is 0. The lowest BCUT2D eigenvalue weighted by molar-refractivity contribution is 0.195. The molecule has 0 saturated heterocycles. The summed E-state index contributed by atoms with van der Waals surface area (Å²) < 4.78 is 0. The molecule has 0 aliphatic carbocycles. The largest absolute Gasteiger partial charge is 0.387 e. The van der Waals surface area contributed by atoms with Gasteiger partial charge in [-0.1, -0.05) is 17.7 Å². The van der Waals surface area contributed by atoms with Crippen molar-refractivity contribution < 1.29 is 5.11 Å². The molecule has 3 nitrogen and oxygen atoms in total. The fraction of sp³-hybridized carbons (Fsp3) is 0.200. The third kappa shape index (κ3) is 1.56. The highest BCUT2D eigenvalue weighted by atomic mass is 35.5. The van der Waals surface area contributed by atoms with Crippen LogP contribution in [0.4, 0.5) is 0 Å². The highest BCUT2D eigenvalue weighted by molar-refractivity contribution is 6.31. The molecule has 0 aliphatic heterocycles. The van der Waals surface area contributed by atoms with Gasteiger partial charge in [-0.05, 0) is 19.1 Å². The molecule has 0 amide bonds. The van der Waals surface area contributed by atoms with Gasteiger partial charge in [0.2, 0.25) is 0 Å². The molecule has 4 heteroatoms. The Kier molecular flexibility index (Phi) is 2.35. The molecule has 2 rings (SSSR count). The minimum atomic E-state index is -0.618. The molecule has 0 spiro atoms. The zero-order valence-electron chi connectivity index (χ0n) is 7.61. The third-order valence-corrected chi connectivity index (χ3v) is 2.28. The summed E-state index contributed by atoms with van der Waals surface area (Å²) in [6.07, 6.45) is 1.01. The zero-order valence-corrected chi connectivity index (χ0v) is 8.36. The van der Waals surface area contributed by atoms with Gasteiger partial charge < -0.3 is 5.11 Å². The van der Waals surface area contributed by atoms with E-state index in [4.69, 9.17) is 11.6 Å². The molecule has 0 saturated carbocycles. The van der Waals surface area contributed by atoms with Crippen molar-refractivity contribution in [2.24, 2.45) is 0 Å². The molecule has 1 unspecified atom stereocenters. The Labute approximate surface area is 86.3 Å². The number of fused-ring (bicyclic) bond motifs is 1. The molecular formula is C10H9ClN2O. The number of nitrogens with zero attached hydrogens (tertiary/aromatic N) is 2. The van der Waals surface area contributed by atoms with E-state index in [1.165, 1.54) is 0 Å². The van der Waals surface area contributed by atoms with Gasteiger partial charge in [-0.25, -0.2) is 0 Å².